The third-order valence-electron chi connectivity index (χ3n) is 1.96. The molecule has 0 unspecified atom stereocenters. The van der Waals surface area contributed by atoms with E-state index in [-0.39, 0.29) is 6.29 Å². The molecule has 0 N–H and O–H groups in total. The molecule has 0 aromatic heterocycles. The molecule has 6 heteroatoms. The molecule has 5 nitrogen and oxygen atoms in total. The largest absolute Gasteiger partial charge is 0.484 e. The number of ether oxygens (including phenoxy) is 2. The zero-order chi connectivity index (χ0) is 14.2. The van der Waals surface area contributed by atoms with Crippen LogP contribution in [0.25, 0.3) is 0 Å². The van der Waals surface area contributed by atoms with Crippen molar-refractivity contribution in [2.75, 3.05) is 34.0 Å². The van der Waals surface area contributed by atoms with Crippen LogP contribution in [0.1, 0.15) is 40.5 Å². The summed E-state index contributed by atoms with van der Waals surface area (Å²) in [6, 6.07) is 0. The Morgan fingerprint density at radius 2 is 1.17 bits per heavy atom. The third kappa shape index (κ3) is 14.1. The average molecular weight is 282 g/mol. The lowest BCUT2D eigenvalue weighted by atomic mass is 10.3. The molecule has 0 rings (SSSR count). The van der Waals surface area contributed by atoms with Crippen LogP contribution in [0.15, 0.2) is 0 Å². The summed E-state index contributed by atoms with van der Waals surface area (Å²) in [4.78, 5) is 0. The van der Waals surface area contributed by atoms with Crippen molar-refractivity contribution >= 4 is 9.53 Å². The molecule has 0 saturated heterocycles. The van der Waals surface area contributed by atoms with E-state index in [4.69, 9.17) is 22.8 Å². The van der Waals surface area contributed by atoms with Crippen LogP contribution in [-0.4, -0.2) is 49.9 Å². The summed E-state index contributed by atoms with van der Waals surface area (Å²) in [5.74, 6) is 0. The Balaban J connectivity index is 0. The van der Waals surface area contributed by atoms with Crippen LogP contribution in [0.5, 0.6) is 0 Å². The van der Waals surface area contributed by atoms with Crippen LogP contribution in [-0.2, 0) is 22.8 Å². The molecule has 0 aliphatic carbocycles. The highest BCUT2D eigenvalue weighted by Crippen LogP contribution is 1.99. The lowest BCUT2D eigenvalue weighted by Crippen LogP contribution is -2.27. The van der Waals surface area contributed by atoms with Crippen LogP contribution < -0.4 is 0 Å². The standard InChI is InChI=1S/C6H16O3Si.C6H14O2/c1-4-7-10(8-5-2)9-6-3;1-4-5-6(7-2)8-3/h10H,4-6H2,1-3H3;6H,4-5H2,1-3H3. The summed E-state index contributed by atoms with van der Waals surface area (Å²) in [5, 5.41) is 0. The van der Waals surface area contributed by atoms with Crippen LogP contribution in [0.4, 0.5) is 0 Å². The third-order valence-corrected chi connectivity index (χ3v) is 3.77. The van der Waals surface area contributed by atoms with E-state index in [0.717, 1.165) is 12.8 Å². The van der Waals surface area contributed by atoms with Gasteiger partial charge in [0, 0.05) is 34.0 Å². The van der Waals surface area contributed by atoms with Crippen molar-refractivity contribution < 1.29 is 22.8 Å². The molecule has 0 atom stereocenters. The molecule has 0 amide bonds. The van der Waals surface area contributed by atoms with Gasteiger partial charge >= 0.3 is 9.53 Å². The zero-order valence-electron chi connectivity index (χ0n) is 12.7. The Morgan fingerprint density at radius 1 is 0.778 bits per heavy atom. The van der Waals surface area contributed by atoms with Gasteiger partial charge in [0.25, 0.3) is 0 Å². The lowest BCUT2D eigenvalue weighted by molar-refractivity contribution is -0.106. The highest BCUT2D eigenvalue weighted by molar-refractivity contribution is 6.36. The van der Waals surface area contributed by atoms with Crippen LogP contribution in [0, 0.1) is 0 Å². The molecule has 0 aromatic carbocycles. The lowest BCUT2D eigenvalue weighted by Gasteiger charge is -2.12. The maximum absolute atomic E-state index is 5.22. The number of rotatable bonds is 10. The quantitative estimate of drug-likeness (QED) is 0.454. The fourth-order valence-corrected chi connectivity index (χ4v) is 2.23. The monoisotopic (exact) mass is 282 g/mol. The topological polar surface area (TPSA) is 46.2 Å². The predicted octanol–water partition coefficient (Wildman–Crippen LogP) is 2.22. The van der Waals surface area contributed by atoms with Crippen molar-refractivity contribution in [2.45, 2.75) is 46.8 Å². The first-order valence-electron chi connectivity index (χ1n) is 6.60. The van der Waals surface area contributed by atoms with Crippen molar-refractivity contribution in [2.24, 2.45) is 0 Å². The Bertz CT molecular complexity index is 130. The van der Waals surface area contributed by atoms with Crippen molar-refractivity contribution in [3.05, 3.63) is 0 Å². The predicted molar refractivity (Wildman–Crippen MR) is 74.7 cm³/mol. The second-order valence-corrected chi connectivity index (χ2v) is 4.92. The summed E-state index contributed by atoms with van der Waals surface area (Å²) in [5.41, 5.74) is 0. The van der Waals surface area contributed by atoms with Crippen molar-refractivity contribution in [3.63, 3.8) is 0 Å². The SMILES string of the molecule is CCCC(OC)OC.CCO[SiH](OCC)OCC. The second-order valence-electron chi connectivity index (χ2n) is 3.34. The van der Waals surface area contributed by atoms with Gasteiger partial charge in [0.15, 0.2) is 6.29 Å². The molecular weight excluding hydrogens is 252 g/mol. The van der Waals surface area contributed by atoms with Crippen LogP contribution in [0.3, 0.4) is 0 Å². The minimum absolute atomic E-state index is 0.000000000000000444. The molecule has 0 aliphatic heterocycles. The van der Waals surface area contributed by atoms with E-state index in [1.165, 1.54) is 0 Å². The summed E-state index contributed by atoms with van der Waals surface area (Å²) >= 11 is 0. The maximum atomic E-state index is 5.22. The van der Waals surface area contributed by atoms with E-state index >= 15 is 0 Å². The molecule has 18 heavy (non-hydrogen) atoms. The van der Waals surface area contributed by atoms with Crippen molar-refractivity contribution in [3.8, 4) is 0 Å². The van der Waals surface area contributed by atoms with E-state index in [2.05, 4.69) is 6.92 Å². The smallest absolute Gasteiger partial charge is 0.376 e. The zero-order valence-corrected chi connectivity index (χ0v) is 13.9. The molecule has 0 radical (unpaired) electrons. The molecule has 0 saturated carbocycles. The molecule has 112 valence electrons. The highest BCUT2D eigenvalue weighted by atomic mass is 28.3. The summed E-state index contributed by atoms with van der Waals surface area (Å²) < 4.78 is 25.5. The van der Waals surface area contributed by atoms with Gasteiger partial charge in [-0.15, -0.1) is 0 Å². The van der Waals surface area contributed by atoms with Gasteiger partial charge in [0.05, 0.1) is 0 Å². The van der Waals surface area contributed by atoms with E-state index in [0.29, 0.717) is 19.8 Å². The molecule has 0 heterocycles. The summed E-state index contributed by atoms with van der Waals surface area (Å²) in [6.45, 7) is 9.96. The summed E-state index contributed by atoms with van der Waals surface area (Å²) in [6.07, 6.45) is 2.08. The minimum Gasteiger partial charge on any atom is -0.376 e. The minimum atomic E-state index is -1.73. The van der Waals surface area contributed by atoms with Gasteiger partial charge in [-0.05, 0) is 27.2 Å². The first-order valence-corrected chi connectivity index (χ1v) is 8.01. The Hall–Kier alpha value is 0.0169. The maximum Gasteiger partial charge on any atom is 0.484 e. The Labute approximate surface area is 114 Å². The second kappa shape index (κ2) is 17.0. The van der Waals surface area contributed by atoms with Gasteiger partial charge in [0.1, 0.15) is 0 Å². The summed E-state index contributed by atoms with van der Waals surface area (Å²) in [7, 11) is 1.58. The Morgan fingerprint density at radius 3 is 1.33 bits per heavy atom. The van der Waals surface area contributed by atoms with E-state index in [9.17, 15) is 0 Å². The molecule has 0 spiro atoms. The van der Waals surface area contributed by atoms with Gasteiger partial charge in [-0.3, -0.25) is 0 Å². The number of methoxy groups -OCH3 is 2. The molecule has 0 fully saturated rings. The molecule has 0 bridgehead atoms. The van der Waals surface area contributed by atoms with E-state index < -0.39 is 9.53 Å². The molecule has 0 aromatic rings. The van der Waals surface area contributed by atoms with E-state index in [1.807, 2.05) is 20.8 Å². The number of hydrogen-bond acceptors (Lipinski definition) is 5. The van der Waals surface area contributed by atoms with Crippen molar-refractivity contribution in [1.29, 1.82) is 0 Å². The fraction of sp³-hybridized carbons (Fsp3) is 1.00. The van der Waals surface area contributed by atoms with Gasteiger partial charge in [0.2, 0.25) is 0 Å². The normalized spacial score (nSPS) is 10.7. The fourth-order valence-electron chi connectivity index (χ4n) is 1.12. The van der Waals surface area contributed by atoms with E-state index in [1.54, 1.807) is 14.2 Å². The highest BCUT2D eigenvalue weighted by Gasteiger charge is 2.11. The first-order chi connectivity index (χ1) is 8.69. The number of hydrogen-bond donors (Lipinski definition) is 0. The van der Waals surface area contributed by atoms with Gasteiger partial charge < -0.3 is 22.8 Å². The Kier molecular flexibility index (Phi) is 19.2. The van der Waals surface area contributed by atoms with Gasteiger partial charge in [-0.25, -0.2) is 0 Å². The van der Waals surface area contributed by atoms with Gasteiger partial charge in [-0.1, -0.05) is 13.3 Å². The van der Waals surface area contributed by atoms with Crippen LogP contribution in [0.2, 0.25) is 0 Å². The molecular formula is C12H30O5Si. The molecule has 0 aliphatic rings. The average Bonchev–Trinajstić information content (AvgIpc) is 2.38. The van der Waals surface area contributed by atoms with Crippen molar-refractivity contribution in [1.82, 2.24) is 0 Å². The first kappa shape index (κ1) is 20.3. The van der Waals surface area contributed by atoms with Gasteiger partial charge in [-0.2, -0.15) is 0 Å². The van der Waals surface area contributed by atoms with Crippen LogP contribution >= 0.6 is 0 Å².